The van der Waals surface area contributed by atoms with E-state index in [0.717, 1.165) is 29.6 Å². The Labute approximate surface area is 123 Å². The molecule has 1 heteroatoms. The summed E-state index contributed by atoms with van der Waals surface area (Å²) in [7, 11) is 0. The van der Waals surface area contributed by atoms with Gasteiger partial charge in [0, 0.05) is 5.57 Å². The van der Waals surface area contributed by atoms with Crippen LogP contribution in [0.2, 0.25) is 0 Å². The molecule has 0 saturated carbocycles. The van der Waals surface area contributed by atoms with Crippen LogP contribution in [0.25, 0.3) is 0 Å². The Balaban J connectivity index is 4.65. The van der Waals surface area contributed by atoms with E-state index in [2.05, 4.69) is 26.3 Å². The standard InChI is InChI=1S/C19H25F/c1-7-9-10-12-19(18(6)20)17(5)14-13-16(4)15(3)11-8-2/h7-8,10-12H,1,3-5,9,13-14H2,2,6H3/b11-8+,12-10+,19-18-. The highest BCUT2D eigenvalue weighted by Crippen LogP contribution is 2.24. The van der Waals surface area contributed by atoms with Crippen LogP contribution in [0.5, 0.6) is 0 Å². The van der Waals surface area contributed by atoms with E-state index in [1.54, 1.807) is 12.2 Å². The molecule has 0 radical (unpaired) electrons. The predicted octanol–water partition coefficient (Wildman–Crippen LogP) is 6.39. The van der Waals surface area contributed by atoms with Crippen molar-refractivity contribution in [1.82, 2.24) is 0 Å². The topological polar surface area (TPSA) is 0 Å². The lowest BCUT2D eigenvalue weighted by atomic mass is 9.96. The summed E-state index contributed by atoms with van der Waals surface area (Å²) < 4.78 is 13.5. The molecule has 0 aliphatic heterocycles. The number of hydrogen-bond donors (Lipinski definition) is 0. The Morgan fingerprint density at radius 1 is 1.05 bits per heavy atom. The zero-order chi connectivity index (χ0) is 15.5. The molecule has 0 amide bonds. The van der Waals surface area contributed by atoms with Gasteiger partial charge < -0.3 is 0 Å². The van der Waals surface area contributed by atoms with Gasteiger partial charge in [-0.15, -0.1) is 6.58 Å². The van der Waals surface area contributed by atoms with Crippen LogP contribution in [-0.4, -0.2) is 0 Å². The molecule has 0 unspecified atom stereocenters. The SMILES string of the molecule is C=CC/C=C/C(C(=C)CCC(=C)C(=C)/C=C/C)=C(\C)F. The maximum Gasteiger partial charge on any atom is 0.104 e. The summed E-state index contributed by atoms with van der Waals surface area (Å²) in [4.78, 5) is 0. The first-order valence-electron chi connectivity index (χ1n) is 6.75. The normalized spacial score (nSPS) is 12.6. The summed E-state index contributed by atoms with van der Waals surface area (Å²) in [6.45, 7) is 18.9. The van der Waals surface area contributed by atoms with Crippen molar-refractivity contribution in [3.8, 4) is 0 Å². The van der Waals surface area contributed by atoms with Crippen molar-refractivity contribution in [1.29, 1.82) is 0 Å². The second kappa shape index (κ2) is 9.96. The first kappa shape index (κ1) is 18.1. The smallest absolute Gasteiger partial charge is 0.104 e. The molecule has 0 fully saturated rings. The van der Waals surface area contributed by atoms with Crippen molar-refractivity contribution >= 4 is 0 Å². The molecular weight excluding hydrogens is 247 g/mol. The lowest BCUT2D eigenvalue weighted by Gasteiger charge is -2.10. The monoisotopic (exact) mass is 272 g/mol. The maximum atomic E-state index is 13.5. The van der Waals surface area contributed by atoms with Gasteiger partial charge in [0.15, 0.2) is 0 Å². The molecule has 0 aliphatic carbocycles. The molecule has 20 heavy (non-hydrogen) atoms. The van der Waals surface area contributed by atoms with Gasteiger partial charge in [0.1, 0.15) is 5.83 Å². The summed E-state index contributed by atoms with van der Waals surface area (Å²) in [6.07, 6.45) is 11.4. The fourth-order valence-electron chi connectivity index (χ4n) is 1.67. The van der Waals surface area contributed by atoms with Gasteiger partial charge in [0.25, 0.3) is 0 Å². The molecule has 0 aromatic heterocycles. The van der Waals surface area contributed by atoms with Crippen molar-refractivity contribution < 1.29 is 4.39 Å². The van der Waals surface area contributed by atoms with Gasteiger partial charge >= 0.3 is 0 Å². The Morgan fingerprint density at radius 2 is 1.65 bits per heavy atom. The van der Waals surface area contributed by atoms with E-state index in [-0.39, 0.29) is 5.83 Å². The molecule has 0 N–H and O–H groups in total. The molecule has 0 spiro atoms. The minimum atomic E-state index is -0.215. The van der Waals surface area contributed by atoms with Crippen molar-refractivity contribution in [2.45, 2.75) is 33.1 Å². The van der Waals surface area contributed by atoms with Gasteiger partial charge in [-0.2, -0.15) is 0 Å². The lowest BCUT2D eigenvalue weighted by molar-refractivity contribution is 0.631. The van der Waals surface area contributed by atoms with Gasteiger partial charge in [-0.1, -0.05) is 50.1 Å². The van der Waals surface area contributed by atoms with Gasteiger partial charge in [0.05, 0.1) is 0 Å². The highest BCUT2D eigenvalue weighted by molar-refractivity contribution is 5.41. The van der Waals surface area contributed by atoms with E-state index in [1.165, 1.54) is 6.92 Å². The molecule has 108 valence electrons. The molecule has 0 aliphatic rings. The molecule has 0 aromatic carbocycles. The Hall–Kier alpha value is -1.89. The highest BCUT2D eigenvalue weighted by Gasteiger charge is 2.06. The number of halogens is 1. The molecule has 0 bridgehead atoms. The van der Waals surface area contributed by atoms with Crippen LogP contribution in [0.3, 0.4) is 0 Å². The third-order valence-electron chi connectivity index (χ3n) is 2.89. The van der Waals surface area contributed by atoms with Gasteiger partial charge in [-0.25, -0.2) is 4.39 Å². The van der Waals surface area contributed by atoms with Crippen LogP contribution in [0.1, 0.15) is 33.1 Å². The third-order valence-corrected chi connectivity index (χ3v) is 2.89. The number of allylic oxidation sites excluding steroid dienone is 10. The second-order valence-corrected chi connectivity index (χ2v) is 4.61. The highest BCUT2D eigenvalue weighted by atomic mass is 19.1. The number of hydrogen-bond acceptors (Lipinski definition) is 0. The molecule has 0 heterocycles. The molecule has 0 saturated heterocycles. The lowest BCUT2D eigenvalue weighted by Crippen LogP contribution is -1.91. The van der Waals surface area contributed by atoms with Crippen molar-refractivity contribution in [2.24, 2.45) is 0 Å². The van der Waals surface area contributed by atoms with Crippen LogP contribution >= 0.6 is 0 Å². The first-order valence-corrected chi connectivity index (χ1v) is 6.75. The average molecular weight is 272 g/mol. The summed E-state index contributed by atoms with van der Waals surface area (Å²) in [5.74, 6) is -0.215. The van der Waals surface area contributed by atoms with E-state index in [1.807, 2.05) is 25.2 Å². The van der Waals surface area contributed by atoms with Crippen LogP contribution in [-0.2, 0) is 0 Å². The van der Waals surface area contributed by atoms with Crippen molar-refractivity contribution in [2.75, 3.05) is 0 Å². The summed E-state index contributed by atoms with van der Waals surface area (Å²) in [5, 5.41) is 0. The van der Waals surface area contributed by atoms with Gasteiger partial charge in [0.2, 0.25) is 0 Å². The quantitative estimate of drug-likeness (QED) is 0.337. The molecule has 0 nitrogen and oxygen atoms in total. The zero-order valence-corrected chi connectivity index (χ0v) is 12.7. The number of rotatable bonds is 9. The van der Waals surface area contributed by atoms with E-state index in [4.69, 9.17) is 0 Å². The minimum Gasteiger partial charge on any atom is -0.211 e. The van der Waals surface area contributed by atoms with Crippen LogP contribution in [0.4, 0.5) is 4.39 Å². The second-order valence-electron chi connectivity index (χ2n) is 4.61. The van der Waals surface area contributed by atoms with Crippen molar-refractivity contribution in [3.63, 3.8) is 0 Å². The fraction of sp³-hybridized carbons (Fsp3) is 0.263. The van der Waals surface area contributed by atoms with Crippen LogP contribution < -0.4 is 0 Å². The molecule has 0 aromatic rings. The Bertz CT molecular complexity index is 466. The summed E-state index contributed by atoms with van der Waals surface area (Å²) >= 11 is 0. The zero-order valence-electron chi connectivity index (χ0n) is 12.7. The predicted molar refractivity (Wildman–Crippen MR) is 89.2 cm³/mol. The average Bonchev–Trinajstić information content (AvgIpc) is 2.40. The van der Waals surface area contributed by atoms with E-state index >= 15 is 0 Å². The van der Waals surface area contributed by atoms with E-state index in [0.29, 0.717) is 12.0 Å². The van der Waals surface area contributed by atoms with Gasteiger partial charge in [-0.05, 0) is 49.8 Å². The first-order chi connectivity index (χ1) is 9.43. The Kier molecular flexibility index (Phi) is 9.02. The molecule has 0 rings (SSSR count). The van der Waals surface area contributed by atoms with Crippen LogP contribution in [0.15, 0.2) is 84.8 Å². The van der Waals surface area contributed by atoms with E-state index in [9.17, 15) is 4.39 Å². The third kappa shape index (κ3) is 6.89. The van der Waals surface area contributed by atoms with Crippen LogP contribution in [0, 0.1) is 0 Å². The largest absolute Gasteiger partial charge is 0.211 e. The van der Waals surface area contributed by atoms with Crippen molar-refractivity contribution in [3.05, 3.63) is 84.8 Å². The van der Waals surface area contributed by atoms with E-state index < -0.39 is 0 Å². The Morgan fingerprint density at radius 3 is 2.15 bits per heavy atom. The molecule has 0 atom stereocenters. The fourth-order valence-corrected chi connectivity index (χ4v) is 1.67. The maximum absolute atomic E-state index is 13.5. The summed E-state index contributed by atoms with van der Waals surface area (Å²) in [5.41, 5.74) is 3.20. The molecular formula is C19H25F. The summed E-state index contributed by atoms with van der Waals surface area (Å²) in [6, 6.07) is 0. The van der Waals surface area contributed by atoms with Gasteiger partial charge in [-0.3, -0.25) is 0 Å². The minimum absolute atomic E-state index is 0.215.